The third kappa shape index (κ3) is 4.34. The molecule has 1 N–H and O–H groups in total. The van der Waals surface area contributed by atoms with Crippen molar-refractivity contribution in [3.05, 3.63) is 65.7 Å². The number of carbonyl (C=O) groups excluding carboxylic acids is 2. The molecule has 0 saturated carbocycles. The van der Waals surface area contributed by atoms with Crippen LogP contribution in [0, 0.1) is 0 Å². The minimum atomic E-state index is -0.451. The lowest BCUT2D eigenvalue weighted by molar-refractivity contribution is 0.0503. The Kier molecular flexibility index (Phi) is 5.54. The second-order valence-corrected chi connectivity index (χ2v) is 4.49. The Morgan fingerprint density at radius 1 is 1.00 bits per heavy atom. The Morgan fingerprint density at radius 2 is 1.73 bits per heavy atom. The van der Waals surface area contributed by atoms with Gasteiger partial charge >= 0.3 is 5.97 Å². The van der Waals surface area contributed by atoms with Gasteiger partial charge in [-0.25, -0.2) is 4.79 Å². The lowest BCUT2D eigenvalue weighted by atomic mass is 10.2. The number of hydrogen-bond acceptors (Lipinski definition) is 4. The van der Waals surface area contributed by atoms with Crippen LogP contribution in [-0.4, -0.2) is 32.1 Å². The van der Waals surface area contributed by atoms with Crippen LogP contribution in [0.1, 0.15) is 20.7 Å². The molecule has 1 amide bonds. The van der Waals surface area contributed by atoms with Crippen LogP contribution >= 0.6 is 0 Å². The largest absolute Gasteiger partial charge is 0.497 e. The van der Waals surface area contributed by atoms with Gasteiger partial charge in [0.15, 0.2) is 0 Å². The second kappa shape index (κ2) is 7.83. The molecule has 0 unspecified atom stereocenters. The van der Waals surface area contributed by atoms with Crippen molar-refractivity contribution < 1.29 is 19.1 Å². The molecule has 5 nitrogen and oxygen atoms in total. The van der Waals surface area contributed by atoms with Gasteiger partial charge in [-0.05, 0) is 30.3 Å². The van der Waals surface area contributed by atoms with Crippen LogP contribution in [0.15, 0.2) is 54.6 Å². The van der Waals surface area contributed by atoms with Crippen LogP contribution in [0.5, 0.6) is 5.75 Å². The summed E-state index contributed by atoms with van der Waals surface area (Å²) in [5.41, 5.74) is 0.982. The number of hydrogen-bond donors (Lipinski definition) is 1. The molecule has 0 atom stereocenters. The van der Waals surface area contributed by atoms with E-state index in [1.165, 1.54) is 7.11 Å². The second-order valence-electron chi connectivity index (χ2n) is 4.49. The Labute approximate surface area is 128 Å². The first-order valence-corrected chi connectivity index (χ1v) is 6.85. The number of amides is 1. The van der Waals surface area contributed by atoms with E-state index in [0.717, 1.165) is 0 Å². The van der Waals surface area contributed by atoms with Crippen molar-refractivity contribution in [3.63, 3.8) is 0 Å². The van der Waals surface area contributed by atoms with Crippen molar-refractivity contribution >= 4 is 11.9 Å². The molecule has 114 valence electrons. The average molecular weight is 299 g/mol. The van der Waals surface area contributed by atoms with Gasteiger partial charge in [0.2, 0.25) is 0 Å². The highest BCUT2D eigenvalue weighted by Gasteiger charge is 2.08. The maximum Gasteiger partial charge on any atom is 0.338 e. The van der Waals surface area contributed by atoms with Crippen molar-refractivity contribution in [3.8, 4) is 5.75 Å². The SMILES string of the molecule is COc1cccc(C(=O)OCCNC(=O)c2ccccc2)c1. The maximum absolute atomic E-state index is 11.8. The highest BCUT2D eigenvalue weighted by Crippen LogP contribution is 2.13. The zero-order chi connectivity index (χ0) is 15.8. The van der Waals surface area contributed by atoms with E-state index in [2.05, 4.69) is 5.32 Å². The smallest absolute Gasteiger partial charge is 0.338 e. The Hall–Kier alpha value is -2.82. The van der Waals surface area contributed by atoms with Gasteiger partial charge in [0.1, 0.15) is 12.4 Å². The molecular weight excluding hydrogens is 282 g/mol. The number of ether oxygens (including phenoxy) is 2. The number of methoxy groups -OCH3 is 1. The Balaban J connectivity index is 1.76. The molecule has 0 aliphatic rings. The van der Waals surface area contributed by atoms with Crippen molar-refractivity contribution in [2.75, 3.05) is 20.3 Å². The van der Waals surface area contributed by atoms with Crippen molar-refractivity contribution in [2.24, 2.45) is 0 Å². The van der Waals surface area contributed by atoms with Crippen LogP contribution in [0.2, 0.25) is 0 Å². The first-order valence-electron chi connectivity index (χ1n) is 6.85. The van der Waals surface area contributed by atoms with E-state index in [4.69, 9.17) is 9.47 Å². The monoisotopic (exact) mass is 299 g/mol. The minimum absolute atomic E-state index is 0.106. The molecule has 0 spiro atoms. The zero-order valence-electron chi connectivity index (χ0n) is 12.2. The summed E-state index contributed by atoms with van der Waals surface area (Å²) < 4.78 is 10.2. The van der Waals surface area contributed by atoms with E-state index in [0.29, 0.717) is 16.9 Å². The molecule has 0 aromatic heterocycles. The maximum atomic E-state index is 11.8. The van der Waals surface area contributed by atoms with E-state index in [1.807, 2.05) is 6.07 Å². The van der Waals surface area contributed by atoms with Crippen LogP contribution in [0.4, 0.5) is 0 Å². The Morgan fingerprint density at radius 3 is 2.45 bits per heavy atom. The summed E-state index contributed by atoms with van der Waals surface area (Å²) in [4.78, 5) is 23.6. The molecule has 2 aromatic rings. The number of esters is 1. The van der Waals surface area contributed by atoms with Crippen molar-refractivity contribution in [1.82, 2.24) is 5.32 Å². The summed E-state index contributed by atoms with van der Waals surface area (Å²) in [7, 11) is 1.53. The first kappa shape index (κ1) is 15.6. The molecule has 0 bridgehead atoms. The topological polar surface area (TPSA) is 64.6 Å². The zero-order valence-corrected chi connectivity index (χ0v) is 12.2. The standard InChI is InChI=1S/C17H17NO4/c1-21-15-9-5-8-14(12-15)17(20)22-11-10-18-16(19)13-6-3-2-4-7-13/h2-9,12H,10-11H2,1H3,(H,18,19). The highest BCUT2D eigenvalue weighted by molar-refractivity contribution is 5.94. The third-order valence-corrected chi connectivity index (χ3v) is 2.96. The van der Waals surface area contributed by atoms with Crippen LogP contribution < -0.4 is 10.1 Å². The van der Waals surface area contributed by atoms with Crippen molar-refractivity contribution in [2.45, 2.75) is 0 Å². The summed E-state index contributed by atoms with van der Waals surface area (Å²) >= 11 is 0. The van der Waals surface area contributed by atoms with Gasteiger partial charge in [0, 0.05) is 5.56 Å². The highest BCUT2D eigenvalue weighted by atomic mass is 16.5. The number of rotatable bonds is 6. The molecule has 22 heavy (non-hydrogen) atoms. The lowest BCUT2D eigenvalue weighted by Crippen LogP contribution is -2.28. The number of benzene rings is 2. The minimum Gasteiger partial charge on any atom is -0.497 e. The fourth-order valence-electron chi connectivity index (χ4n) is 1.83. The fourth-order valence-corrected chi connectivity index (χ4v) is 1.83. The molecule has 0 fully saturated rings. The Bertz CT molecular complexity index is 640. The molecule has 2 rings (SSSR count). The molecule has 0 radical (unpaired) electrons. The summed E-state index contributed by atoms with van der Waals surface area (Å²) in [5, 5.41) is 2.69. The third-order valence-electron chi connectivity index (χ3n) is 2.96. The van der Waals surface area contributed by atoms with E-state index in [1.54, 1.807) is 48.5 Å². The van der Waals surface area contributed by atoms with E-state index in [9.17, 15) is 9.59 Å². The van der Waals surface area contributed by atoms with Gasteiger partial charge in [-0.1, -0.05) is 24.3 Å². The van der Waals surface area contributed by atoms with Gasteiger partial charge in [-0.2, -0.15) is 0 Å². The molecule has 0 aliphatic carbocycles. The predicted octanol–water partition coefficient (Wildman–Crippen LogP) is 2.28. The van der Waals surface area contributed by atoms with Crippen LogP contribution in [0.3, 0.4) is 0 Å². The number of carbonyl (C=O) groups is 2. The van der Waals surface area contributed by atoms with E-state index in [-0.39, 0.29) is 19.1 Å². The van der Waals surface area contributed by atoms with Gasteiger partial charge < -0.3 is 14.8 Å². The van der Waals surface area contributed by atoms with Crippen LogP contribution in [0.25, 0.3) is 0 Å². The first-order chi connectivity index (χ1) is 10.7. The summed E-state index contributed by atoms with van der Waals surface area (Å²) in [6.45, 7) is 0.359. The summed E-state index contributed by atoms with van der Waals surface area (Å²) in [6.07, 6.45) is 0. The molecule has 0 heterocycles. The average Bonchev–Trinajstić information content (AvgIpc) is 2.59. The molecule has 0 saturated heterocycles. The normalized spacial score (nSPS) is 9.86. The van der Waals surface area contributed by atoms with Crippen molar-refractivity contribution in [1.29, 1.82) is 0 Å². The van der Waals surface area contributed by atoms with E-state index < -0.39 is 5.97 Å². The molecule has 0 aliphatic heterocycles. The summed E-state index contributed by atoms with van der Waals surface area (Å²) in [5.74, 6) is -0.0577. The van der Waals surface area contributed by atoms with E-state index >= 15 is 0 Å². The summed E-state index contributed by atoms with van der Waals surface area (Å²) in [6, 6.07) is 15.6. The predicted molar refractivity (Wildman–Crippen MR) is 82.1 cm³/mol. The van der Waals surface area contributed by atoms with Gasteiger partial charge in [-0.15, -0.1) is 0 Å². The lowest BCUT2D eigenvalue weighted by Gasteiger charge is -2.07. The molecule has 5 heteroatoms. The quantitative estimate of drug-likeness (QED) is 0.656. The number of nitrogens with one attached hydrogen (secondary N) is 1. The molecular formula is C17H17NO4. The molecule has 2 aromatic carbocycles. The van der Waals surface area contributed by atoms with Gasteiger partial charge in [0.25, 0.3) is 5.91 Å². The van der Waals surface area contributed by atoms with Crippen LogP contribution in [-0.2, 0) is 4.74 Å². The van der Waals surface area contributed by atoms with Gasteiger partial charge in [-0.3, -0.25) is 4.79 Å². The van der Waals surface area contributed by atoms with Gasteiger partial charge in [0.05, 0.1) is 19.2 Å². The fraction of sp³-hybridized carbons (Fsp3) is 0.176.